The fourth-order valence-corrected chi connectivity index (χ4v) is 10.5. The van der Waals surface area contributed by atoms with Crippen molar-refractivity contribution in [2.75, 3.05) is 34.6 Å². The Morgan fingerprint density at radius 1 is 0.571 bits per heavy atom. The lowest BCUT2D eigenvalue weighted by Crippen LogP contribution is -2.33. The minimum Gasteiger partial charge on any atom is -0.475 e. The minimum atomic E-state index is -5.08. The zero-order valence-electron chi connectivity index (χ0n) is 44.2. The number of carboxylic acids is 2. The third-order valence-electron chi connectivity index (χ3n) is 12.3. The van der Waals surface area contributed by atoms with E-state index in [2.05, 4.69) is 59.3 Å². The molecule has 1 aliphatic rings. The van der Waals surface area contributed by atoms with Crippen LogP contribution in [0.3, 0.4) is 0 Å². The van der Waals surface area contributed by atoms with Crippen molar-refractivity contribution in [1.82, 2.24) is 20.6 Å². The van der Waals surface area contributed by atoms with Crippen LogP contribution in [0.15, 0.2) is 172 Å². The number of amides is 2. The monoisotopic (exact) mass is 1270 g/mol. The molecule has 0 bridgehead atoms. The van der Waals surface area contributed by atoms with Crippen LogP contribution in [0.2, 0.25) is 0 Å². The maximum atomic E-state index is 13.5. The van der Waals surface area contributed by atoms with E-state index in [-0.39, 0.29) is 34.7 Å². The Kier molecular flexibility index (Phi) is 21.1. The van der Waals surface area contributed by atoms with Crippen molar-refractivity contribution in [2.45, 2.75) is 66.1 Å². The van der Waals surface area contributed by atoms with Crippen LogP contribution in [0.4, 0.5) is 49.4 Å². The van der Waals surface area contributed by atoms with Crippen LogP contribution >= 0.6 is 15.9 Å². The second kappa shape index (κ2) is 27.5. The Hall–Kier alpha value is -8.82. The molecule has 10 N–H and O–H groups in total. The van der Waals surface area contributed by atoms with E-state index in [0.29, 0.717) is 28.7 Å². The van der Waals surface area contributed by atoms with Gasteiger partial charge in [-0.25, -0.2) is 36.4 Å². The quantitative estimate of drug-likeness (QED) is 0.0443. The van der Waals surface area contributed by atoms with Gasteiger partial charge in [-0.2, -0.15) is 26.3 Å². The average Bonchev–Trinajstić information content (AvgIpc) is 3.67. The topological polar surface area (TPSA) is 303 Å². The molecule has 0 saturated heterocycles. The molecule has 18 nitrogen and oxygen atoms in total. The molecule has 0 spiro atoms. The van der Waals surface area contributed by atoms with Crippen molar-refractivity contribution in [3.8, 4) is 0 Å². The number of pyridine rings is 2. The first-order valence-electron chi connectivity index (χ1n) is 24.8. The van der Waals surface area contributed by atoms with E-state index < -0.39 is 56.0 Å². The first-order valence-corrected chi connectivity index (χ1v) is 29.4. The summed E-state index contributed by atoms with van der Waals surface area (Å²) in [5.74, 6) is -4.62. The number of benzene rings is 6. The number of hydrogen-bond acceptors (Lipinski definition) is 14. The average molecular weight is 1270 g/mol. The summed E-state index contributed by atoms with van der Waals surface area (Å²) < 4.78 is 113. The van der Waals surface area contributed by atoms with Crippen LogP contribution in [0.5, 0.6) is 0 Å². The van der Waals surface area contributed by atoms with Crippen molar-refractivity contribution in [3.63, 3.8) is 0 Å². The van der Waals surface area contributed by atoms with E-state index in [1.807, 2.05) is 84.9 Å². The fraction of sp³-hybridized carbons (Fsp3) is 0.193. The predicted molar refractivity (Wildman–Crippen MR) is 308 cm³/mol. The van der Waals surface area contributed by atoms with Crippen LogP contribution in [0.1, 0.15) is 58.7 Å². The molecule has 8 aromatic rings. The number of aromatic nitrogens is 2. The molecule has 2 atom stereocenters. The first kappa shape index (κ1) is 64.3. The third kappa shape index (κ3) is 18.3. The lowest BCUT2D eigenvalue weighted by Gasteiger charge is -2.21. The van der Waals surface area contributed by atoms with E-state index in [1.54, 1.807) is 54.9 Å². The number of halogens is 7. The van der Waals surface area contributed by atoms with Gasteiger partial charge in [0.05, 0.1) is 9.79 Å². The lowest BCUT2D eigenvalue weighted by molar-refractivity contribution is -0.193. The molecule has 1 fully saturated rings. The predicted octanol–water partition coefficient (Wildman–Crippen LogP) is 10.3. The van der Waals surface area contributed by atoms with Crippen molar-refractivity contribution in [1.29, 1.82) is 0 Å². The molecule has 1 aliphatic carbocycles. The van der Waals surface area contributed by atoms with Gasteiger partial charge in [-0.15, -0.1) is 0 Å². The zero-order chi connectivity index (χ0) is 61.7. The number of alkyl halides is 6. The number of nitrogens with two attached hydrogens (primary N) is 2. The zero-order valence-corrected chi connectivity index (χ0v) is 47.5. The summed E-state index contributed by atoms with van der Waals surface area (Å²) in [6, 6.07) is 42.6. The highest BCUT2D eigenvalue weighted by molar-refractivity contribution is 9.10. The normalized spacial score (nSPS) is 13.0. The maximum absolute atomic E-state index is 13.5. The van der Waals surface area contributed by atoms with E-state index >= 15 is 0 Å². The highest BCUT2D eigenvalue weighted by Crippen LogP contribution is 2.41. The molecule has 0 aliphatic heterocycles. The Balaban J connectivity index is 0.000000220. The van der Waals surface area contributed by atoms with Crippen molar-refractivity contribution in [3.05, 3.63) is 190 Å². The Bertz CT molecular complexity index is 3930. The van der Waals surface area contributed by atoms with Crippen LogP contribution in [-0.2, 0) is 51.9 Å². The number of carbonyl (C=O) groups excluding carboxylic acids is 2. The molecule has 2 amide bonds. The number of rotatable bonds is 15. The lowest BCUT2D eigenvalue weighted by atomic mass is 10.00. The molecule has 2 aromatic heterocycles. The molecule has 27 heteroatoms. The summed E-state index contributed by atoms with van der Waals surface area (Å²) in [5.41, 5.74) is 17.4. The van der Waals surface area contributed by atoms with Crippen molar-refractivity contribution < 1.29 is 72.6 Å². The van der Waals surface area contributed by atoms with Gasteiger partial charge in [0.1, 0.15) is 23.7 Å². The molecular weight excluding hydrogens is 1210 g/mol. The Morgan fingerprint density at radius 3 is 1.35 bits per heavy atom. The second-order valence-electron chi connectivity index (χ2n) is 18.7. The van der Waals surface area contributed by atoms with Crippen LogP contribution in [-0.4, -0.2) is 85.6 Å². The Morgan fingerprint density at radius 2 is 0.964 bits per heavy atom. The summed E-state index contributed by atoms with van der Waals surface area (Å²) in [6.07, 6.45) is -2.22. The van der Waals surface area contributed by atoms with E-state index in [1.165, 1.54) is 17.9 Å². The minimum absolute atomic E-state index is 0.0776. The maximum Gasteiger partial charge on any atom is 0.490 e. The van der Waals surface area contributed by atoms with Crippen LogP contribution < -0.4 is 32.7 Å². The summed E-state index contributed by atoms with van der Waals surface area (Å²) in [4.78, 5) is 53.3. The van der Waals surface area contributed by atoms with Gasteiger partial charge < -0.3 is 42.9 Å². The van der Waals surface area contributed by atoms with Gasteiger partial charge in [0.15, 0.2) is 19.7 Å². The number of carbonyl (C=O) groups is 4. The van der Waals surface area contributed by atoms with Gasteiger partial charge in [-0.05, 0) is 130 Å². The molecule has 9 rings (SSSR count). The summed E-state index contributed by atoms with van der Waals surface area (Å²) in [5, 5.41) is 30.3. The third-order valence-corrected chi connectivity index (χ3v) is 15.2. The van der Waals surface area contributed by atoms with E-state index in [0.717, 1.165) is 67.6 Å². The van der Waals surface area contributed by atoms with Gasteiger partial charge in [0.2, 0.25) is 11.8 Å². The smallest absolute Gasteiger partial charge is 0.475 e. The van der Waals surface area contributed by atoms with E-state index in [9.17, 15) is 52.8 Å². The molecular formula is C57H53BrF6N8O10S2. The molecule has 84 heavy (non-hydrogen) atoms. The van der Waals surface area contributed by atoms with Gasteiger partial charge in [0, 0.05) is 64.6 Å². The number of hydrogen-bond donors (Lipinski definition) is 8. The van der Waals surface area contributed by atoms with Crippen LogP contribution in [0, 0.1) is 0 Å². The molecule has 6 aromatic carbocycles. The van der Waals surface area contributed by atoms with Crippen molar-refractivity contribution in [2.24, 2.45) is 0 Å². The number of carboxylic acid groups (broad SMARTS) is 2. The number of anilines is 4. The standard InChI is InChI=1S/C28H28N4O3S.C25H23BrN4O3S.2C2HF3O2/c1-36(34,35)25-8-3-2-5-22(25)17-31-28(33)26(21-7-4-6-19(15-21)18-9-10-18)32-23-11-12-24-20(16-23)13-14-30-27(24)29;1-34(32,33)22-8-3-2-5-18(22)15-29-25(31)23(17-6-4-7-19(26)13-17)30-20-9-10-21-16(14-20)11-12-28-24(21)27;2*3-2(4,5)1(6)7/h2-8,11-16,18,26,32H,9-10,17H2,1H3,(H2,29,30)(H,31,33);2-14,23,30H,15H2,1H3,(H2,27,28)(H,29,31);2*(H,6,7). The number of nitrogen functional groups attached to an aromatic ring is 2. The second-order valence-corrected chi connectivity index (χ2v) is 23.6. The van der Waals surface area contributed by atoms with Gasteiger partial charge in [-0.1, -0.05) is 88.7 Å². The number of nitrogens with one attached hydrogen (secondary N) is 4. The Labute approximate surface area is 485 Å². The summed E-state index contributed by atoms with van der Waals surface area (Å²) >= 11 is 3.47. The number of sulfone groups is 2. The molecule has 2 heterocycles. The van der Waals surface area contributed by atoms with Crippen LogP contribution in [0.25, 0.3) is 21.5 Å². The number of fused-ring (bicyclic) bond motifs is 2. The van der Waals surface area contributed by atoms with Gasteiger partial charge in [-0.3, -0.25) is 9.59 Å². The van der Waals surface area contributed by atoms with Crippen molar-refractivity contribution >= 4 is 104 Å². The fourth-order valence-electron chi connectivity index (χ4n) is 8.20. The summed E-state index contributed by atoms with van der Waals surface area (Å²) in [6.45, 7) is 0.177. The molecule has 2 unspecified atom stereocenters. The highest BCUT2D eigenvalue weighted by Gasteiger charge is 2.39. The summed E-state index contributed by atoms with van der Waals surface area (Å²) in [7, 11) is -6.84. The highest BCUT2D eigenvalue weighted by atomic mass is 79.9. The SMILES string of the molecule is CS(=O)(=O)c1ccccc1CNC(=O)C(Nc1ccc2c(N)nccc2c1)c1cccc(Br)c1.CS(=O)(=O)c1ccccc1CNC(=O)C(Nc1ccc2c(N)nccc2c1)c1cccc(C2CC2)c1.O=C(O)C(F)(F)F.O=C(O)C(F)(F)F. The van der Waals surface area contributed by atoms with Gasteiger partial charge in [0.25, 0.3) is 0 Å². The first-order chi connectivity index (χ1) is 39.4. The largest absolute Gasteiger partial charge is 0.490 e. The molecule has 0 radical (unpaired) electrons. The van der Waals surface area contributed by atoms with Gasteiger partial charge >= 0.3 is 24.3 Å². The number of aliphatic carboxylic acids is 2. The van der Waals surface area contributed by atoms with E-state index in [4.69, 9.17) is 31.3 Å². The number of nitrogens with zero attached hydrogens (tertiary/aromatic N) is 2. The molecule has 1 saturated carbocycles. The molecule has 442 valence electrons.